The van der Waals surface area contributed by atoms with Crippen LogP contribution in [-0.2, 0) is 10.0 Å². The van der Waals surface area contributed by atoms with Crippen LogP contribution < -0.4 is 4.31 Å². The normalized spacial score (nSPS) is 19.3. The smallest absolute Gasteiger partial charge is 0.235 e. The van der Waals surface area contributed by atoms with Crippen molar-refractivity contribution < 1.29 is 13.5 Å². The van der Waals surface area contributed by atoms with Crippen molar-refractivity contribution in [1.29, 1.82) is 0 Å². The molecule has 1 N–H and O–H groups in total. The standard InChI is InChI=1S/C14H21NO3S/c1-3-4-9-19(17,18)15-8-7-14(16)12-10-11(2)5-6-13(12)15/h5-6,10,14,16H,3-4,7-9H2,1-2H3. The Morgan fingerprint density at radius 3 is 2.84 bits per heavy atom. The molecule has 1 unspecified atom stereocenters. The van der Waals surface area contributed by atoms with Gasteiger partial charge in [0.25, 0.3) is 0 Å². The van der Waals surface area contributed by atoms with Gasteiger partial charge >= 0.3 is 0 Å². The number of anilines is 1. The van der Waals surface area contributed by atoms with Gasteiger partial charge in [0.2, 0.25) is 10.0 Å². The third-order valence-corrected chi connectivity index (χ3v) is 5.36. The summed E-state index contributed by atoms with van der Waals surface area (Å²) < 4.78 is 26.1. The summed E-state index contributed by atoms with van der Waals surface area (Å²) in [6.45, 7) is 4.29. The molecule has 0 spiro atoms. The van der Waals surface area contributed by atoms with Crippen LogP contribution in [0.2, 0.25) is 0 Å². The summed E-state index contributed by atoms with van der Waals surface area (Å²) in [5.41, 5.74) is 2.40. The molecule has 1 aliphatic rings. The highest BCUT2D eigenvalue weighted by atomic mass is 32.2. The first kappa shape index (κ1) is 14.3. The first-order valence-electron chi connectivity index (χ1n) is 6.74. The summed E-state index contributed by atoms with van der Waals surface area (Å²) >= 11 is 0. The average molecular weight is 283 g/mol. The zero-order valence-electron chi connectivity index (χ0n) is 11.5. The number of aryl methyl sites for hydroxylation is 1. The highest BCUT2D eigenvalue weighted by Crippen LogP contribution is 2.36. The molecule has 0 bridgehead atoms. The minimum absolute atomic E-state index is 0.174. The quantitative estimate of drug-likeness (QED) is 0.923. The fourth-order valence-electron chi connectivity index (χ4n) is 2.41. The van der Waals surface area contributed by atoms with Crippen LogP contribution in [0.3, 0.4) is 0 Å². The van der Waals surface area contributed by atoms with Crippen LogP contribution in [-0.4, -0.2) is 25.8 Å². The van der Waals surface area contributed by atoms with Crippen molar-refractivity contribution in [2.75, 3.05) is 16.6 Å². The largest absolute Gasteiger partial charge is 0.388 e. The van der Waals surface area contributed by atoms with Crippen molar-refractivity contribution >= 4 is 15.7 Å². The summed E-state index contributed by atoms with van der Waals surface area (Å²) in [6, 6.07) is 5.57. The van der Waals surface area contributed by atoms with Gasteiger partial charge in [0.15, 0.2) is 0 Å². The number of hydrogen-bond acceptors (Lipinski definition) is 3. The van der Waals surface area contributed by atoms with E-state index in [1.807, 2.05) is 26.0 Å². The number of sulfonamides is 1. The van der Waals surface area contributed by atoms with E-state index >= 15 is 0 Å². The van der Waals surface area contributed by atoms with E-state index in [0.717, 1.165) is 17.5 Å². The van der Waals surface area contributed by atoms with E-state index in [0.29, 0.717) is 25.1 Å². The molecule has 4 nitrogen and oxygen atoms in total. The second kappa shape index (κ2) is 5.51. The van der Waals surface area contributed by atoms with Crippen LogP contribution in [0.25, 0.3) is 0 Å². The Morgan fingerprint density at radius 1 is 1.42 bits per heavy atom. The van der Waals surface area contributed by atoms with Gasteiger partial charge in [0, 0.05) is 12.1 Å². The number of benzene rings is 1. The molecule has 0 saturated heterocycles. The van der Waals surface area contributed by atoms with Crippen molar-refractivity contribution in [2.24, 2.45) is 0 Å². The Balaban J connectivity index is 2.38. The molecule has 0 saturated carbocycles. The first-order valence-corrected chi connectivity index (χ1v) is 8.35. The fraction of sp³-hybridized carbons (Fsp3) is 0.571. The molecule has 106 valence electrons. The minimum Gasteiger partial charge on any atom is -0.388 e. The predicted molar refractivity (Wildman–Crippen MR) is 76.8 cm³/mol. The van der Waals surface area contributed by atoms with Gasteiger partial charge < -0.3 is 5.11 Å². The monoisotopic (exact) mass is 283 g/mol. The first-order chi connectivity index (χ1) is 8.95. The van der Waals surface area contributed by atoms with Gasteiger partial charge in [-0.15, -0.1) is 0 Å². The molecule has 1 aromatic rings. The Kier molecular flexibility index (Phi) is 4.16. The third-order valence-electron chi connectivity index (χ3n) is 3.51. The number of aliphatic hydroxyl groups is 1. The predicted octanol–water partition coefficient (Wildman–Crippen LogP) is 2.37. The maximum absolute atomic E-state index is 12.3. The number of hydrogen-bond donors (Lipinski definition) is 1. The topological polar surface area (TPSA) is 57.6 Å². The molecule has 1 heterocycles. The van der Waals surface area contributed by atoms with E-state index < -0.39 is 16.1 Å². The van der Waals surface area contributed by atoms with Gasteiger partial charge in [0.05, 0.1) is 17.5 Å². The molecule has 1 atom stereocenters. The van der Waals surface area contributed by atoms with Crippen molar-refractivity contribution in [3.63, 3.8) is 0 Å². The molecule has 2 rings (SSSR count). The lowest BCUT2D eigenvalue weighted by atomic mass is 9.99. The van der Waals surface area contributed by atoms with Crippen LogP contribution in [0.5, 0.6) is 0 Å². The van der Waals surface area contributed by atoms with E-state index in [-0.39, 0.29) is 5.75 Å². The zero-order valence-corrected chi connectivity index (χ0v) is 12.3. The van der Waals surface area contributed by atoms with Crippen molar-refractivity contribution in [3.05, 3.63) is 29.3 Å². The number of nitrogens with zero attached hydrogens (tertiary/aromatic N) is 1. The zero-order chi connectivity index (χ0) is 14.0. The molecule has 0 aliphatic carbocycles. The SMILES string of the molecule is CCCCS(=O)(=O)N1CCC(O)c2cc(C)ccc21. The molecule has 19 heavy (non-hydrogen) atoms. The summed E-state index contributed by atoms with van der Waals surface area (Å²) in [5.74, 6) is 0.174. The van der Waals surface area contributed by atoms with Crippen LogP contribution in [0.4, 0.5) is 5.69 Å². The maximum atomic E-state index is 12.3. The summed E-state index contributed by atoms with van der Waals surface area (Å²) in [7, 11) is -3.27. The van der Waals surface area contributed by atoms with E-state index in [9.17, 15) is 13.5 Å². The summed E-state index contributed by atoms with van der Waals surface area (Å²) in [5, 5.41) is 10.0. The van der Waals surface area contributed by atoms with Crippen LogP contribution >= 0.6 is 0 Å². The number of fused-ring (bicyclic) bond motifs is 1. The average Bonchev–Trinajstić information content (AvgIpc) is 2.37. The summed E-state index contributed by atoms with van der Waals surface area (Å²) in [4.78, 5) is 0. The molecule has 1 aromatic carbocycles. The second-order valence-corrected chi connectivity index (χ2v) is 7.12. The molecule has 0 radical (unpaired) electrons. The molecule has 0 aromatic heterocycles. The van der Waals surface area contributed by atoms with Gasteiger partial charge in [-0.2, -0.15) is 0 Å². The maximum Gasteiger partial charge on any atom is 0.235 e. The van der Waals surface area contributed by atoms with Gasteiger partial charge in [0.1, 0.15) is 0 Å². The van der Waals surface area contributed by atoms with Crippen molar-refractivity contribution in [1.82, 2.24) is 0 Å². The lowest BCUT2D eigenvalue weighted by Crippen LogP contribution is -2.38. The molecule has 1 aliphatic heterocycles. The third kappa shape index (κ3) is 2.92. The van der Waals surface area contributed by atoms with Crippen molar-refractivity contribution in [2.45, 2.75) is 39.2 Å². The van der Waals surface area contributed by atoms with E-state index in [1.165, 1.54) is 4.31 Å². The summed E-state index contributed by atoms with van der Waals surface area (Å²) in [6.07, 6.45) is 1.42. The molecular weight excluding hydrogens is 262 g/mol. The Labute approximate surface area is 115 Å². The lowest BCUT2D eigenvalue weighted by Gasteiger charge is -2.33. The lowest BCUT2D eigenvalue weighted by molar-refractivity contribution is 0.166. The highest BCUT2D eigenvalue weighted by molar-refractivity contribution is 7.92. The molecule has 0 amide bonds. The molecule has 5 heteroatoms. The van der Waals surface area contributed by atoms with Crippen molar-refractivity contribution in [3.8, 4) is 0 Å². The van der Waals surface area contributed by atoms with Gasteiger partial charge in [-0.1, -0.05) is 31.0 Å². The Hall–Kier alpha value is -1.07. The van der Waals surface area contributed by atoms with Gasteiger partial charge in [-0.05, 0) is 25.8 Å². The molecular formula is C14H21NO3S. The van der Waals surface area contributed by atoms with Gasteiger partial charge in [-0.25, -0.2) is 8.42 Å². The number of unbranched alkanes of at least 4 members (excludes halogenated alkanes) is 1. The van der Waals surface area contributed by atoms with E-state index in [1.54, 1.807) is 6.07 Å². The van der Waals surface area contributed by atoms with Gasteiger partial charge in [-0.3, -0.25) is 4.31 Å². The van der Waals surface area contributed by atoms with E-state index in [4.69, 9.17) is 0 Å². The number of aliphatic hydroxyl groups excluding tert-OH is 1. The van der Waals surface area contributed by atoms with Crippen LogP contribution in [0, 0.1) is 6.92 Å². The van der Waals surface area contributed by atoms with Crippen LogP contribution in [0.15, 0.2) is 18.2 Å². The highest BCUT2D eigenvalue weighted by Gasteiger charge is 2.30. The van der Waals surface area contributed by atoms with Crippen LogP contribution in [0.1, 0.15) is 43.4 Å². The number of rotatable bonds is 4. The Bertz CT molecular complexity index is 554. The molecule has 0 fully saturated rings. The minimum atomic E-state index is -3.27. The second-order valence-electron chi connectivity index (χ2n) is 5.11. The van der Waals surface area contributed by atoms with E-state index in [2.05, 4.69) is 0 Å². The fourth-order valence-corrected chi connectivity index (χ4v) is 4.13. The Morgan fingerprint density at radius 2 is 2.16 bits per heavy atom.